The van der Waals surface area contributed by atoms with Gasteiger partial charge < -0.3 is 10.5 Å². The second kappa shape index (κ2) is 5.51. The van der Waals surface area contributed by atoms with Crippen LogP contribution >= 0.6 is 0 Å². The number of carbonyl (C=O) groups is 1. The number of ether oxygens (including phenoxy) is 1. The maximum atomic E-state index is 11.6. The summed E-state index contributed by atoms with van der Waals surface area (Å²) in [7, 11) is 0. The van der Waals surface area contributed by atoms with Crippen molar-refractivity contribution in [1.82, 2.24) is 14.8 Å². The van der Waals surface area contributed by atoms with E-state index in [0.29, 0.717) is 18.8 Å². The van der Waals surface area contributed by atoms with Crippen LogP contribution < -0.4 is 5.73 Å². The molecule has 0 saturated carbocycles. The van der Waals surface area contributed by atoms with Gasteiger partial charge in [-0.3, -0.25) is 9.67 Å². The predicted molar refractivity (Wildman–Crippen MR) is 70.7 cm³/mol. The Balaban J connectivity index is 2.21. The van der Waals surface area contributed by atoms with E-state index in [9.17, 15) is 4.79 Å². The van der Waals surface area contributed by atoms with Crippen LogP contribution in [0.1, 0.15) is 28.7 Å². The van der Waals surface area contributed by atoms with Crippen molar-refractivity contribution in [2.45, 2.75) is 20.4 Å². The normalized spacial score (nSPS) is 10.4. The Morgan fingerprint density at radius 3 is 3.00 bits per heavy atom. The van der Waals surface area contributed by atoms with E-state index in [1.54, 1.807) is 24.0 Å². The van der Waals surface area contributed by atoms with E-state index in [4.69, 9.17) is 10.5 Å². The number of aryl methyl sites for hydroxylation is 1. The molecule has 0 bridgehead atoms. The summed E-state index contributed by atoms with van der Waals surface area (Å²) in [4.78, 5) is 15.9. The lowest BCUT2D eigenvalue weighted by atomic mass is 10.2. The highest BCUT2D eigenvalue weighted by molar-refractivity contribution is 5.92. The average Bonchev–Trinajstić information content (AvgIpc) is 2.74. The fourth-order valence-electron chi connectivity index (χ4n) is 1.71. The number of rotatable bonds is 4. The summed E-state index contributed by atoms with van der Waals surface area (Å²) < 4.78 is 6.48. The average molecular weight is 260 g/mol. The number of nitrogen functional groups attached to an aromatic ring is 1. The van der Waals surface area contributed by atoms with Crippen molar-refractivity contribution in [3.63, 3.8) is 0 Å². The van der Waals surface area contributed by atoms with Crippen molar-refractivity contribution in [2.75, 3.05) is 12.3 Å². The summed E-state index contributed by atoms with van der Waals surface area (Å²) in [6.07, 6.45) is 3.34. The maximum absolute atomic E-state index is 11.6. The number of anilines is 1. The van der Waals surface area contributed by atoms with Crippen LogP contribution in [0.3, 0.4) is 0 Å². The van der Waals surface area contributed by atoms with Gasteiger partial charge in [-0.05, 0) is 25.5 Å². The molecule has 6 nitrogen and oxygen atoms in total. The lowest BCUT2D eigenvalue weighted by Gasteiger charge is -2.04. The van der Waals surface area contributed by atoms with Gasteiger partial charge in [0.25, 0.3) is 0 Å². The Labute approximate surface area is 111 Å². The van der Waals surface area contributed by atoms with Crippen LogP contribution in [0, 0.1) is 6.92 Å². The van der Waals surface area contributed by atoms with E-state index in [1.165, 1.54) is 0 Å². The van der Waals surface area contributed by atoms with E-state index in [-0.39, 0.29) is 5.69 Å². The van der Waals surface area contributed by atoms with Gasteiger partial charge in [0, 0.05) is 12.4 Å². The van der Waals surface area contributed by atoms with Crippen LogP contribution in [-0.2, 0) is 11.3 Å². The first-order chi connectivity index (χ1) is 9.11. The van der Waals surface area contributed by atoms with Crippen molar-refractivity contribution in [3.8, 4) is 0 Å². The third-order valence-corrected chi connectivity index (χ3v) is 2.69. The van der Waals surface area contributed by atoms with Gasteiger partial charge >= 0.3 is 5.97 Å². The Kier molecular flexibility index (Phi) is 3.79. The molecule has 0 amide bonds. The molecule has 0 aliphatic carbocycles. The van der Waals surface area contributed by atoms with Gasteiger partial charge in [0.05, 0.1) is 24.5 Å². The molecule has 2 N–H and O–H groups in total. The summed E-state index contributed by atoms with van der Waals surface area (Å²) in [5, 5.41) is 4.14. The van der Waals surface area contributed by atoms with Crippen LogP contribution in [0.15, 0.2) is 24.5 Å². The van der Waals surface area contributed by atoms with Crippen molar-refractivity contribution in [2.24, 2.45) is 0 Å². The van der Waals surface area contributed by atoms with E-state index < -0.39 is 5.97 Å². The summed E-state index contributed by atoms with van der Waals surface area (Å²) >= 11 is 0. The number of nitrogens with two attached hydrogens (primary N) is 1. The lowest BCUT2D eigenvalue weighted by molar-refractivity contribution is 0.0519. The summed E-state index contributed by atoms with van der Waals surface area (Å²) in [6, 6.07) is 3.85. The molecule has 0 unspecified atom stereocenters. The standard InChI is InChI=1S/C13H16N4O2/c1-3-19-13(18)12-10(14)7-17(16-12)8-11-9(2)5-4-6-15-11/h4-7H,3,8,14H2,1-2H3. The number of nitrogens with zero attached hydrogens (tertiary/aromatic N) is 3. The molecule has 0 fully saturated rings. The Morgan fingerprint density at radius 1 is 1.53 bits per heavy atom. The molecule has 0 aromatic carbocycles. The number of hydrogen-bond donors (Lipinski definition) is 1. The predicted octanol–water partition coefficient (Wildman–Crippen LogP) is 1.39. The first-order valence-corrected chi connectivity index (χ1v) is 6.02. The van der Waals surface area contributed by atoms with Crippen molar-refractivity contribution >= 4 is 11.7 Å². The van der Waals surface area contributed by atoms with Crippen LogP contribution in [0.5, 0.6) is 0 Å². The minimum Gasteiger partial charge on any atom is -0.461 e. The second-order valence-electron chi connectivity index (χ2n) is 4.12. The fraction of sp³-hybridized carbons (Fsp3) is 0.308. The molecule has 2 rings (SSSR count). The molecule has 6 heteroatoms. The number of pyridine rings is 1. The number of aromatic nitrogens is 3. The largest absolute Gasteiger partial charge is 0.461 e. The molecule has 0 saturated heterocycles. The van der Waals surface area contributed by atoms with Gasteiger partial charge in [0.1, 0.15) is 0 Å². The monoisotopic (exact) mass is 260 g/mol. The van der Waals surface area contributed by atoms with Crippen molar-refractivity contribution < 1.29 is 9.53 Å². The molecule has 2 aromatic rings. The lowest BCUT2D eigenvalue weighted by Crippen LogP contribution is -2.09. The van der Waals surface area contributed by atoms with Crippen molar-refractivity contribution in [1.29, 1.82) is 0 Å². The fourth-order valence-corrected chi connectivity index (χ4v) is 1.71. The molecule has 0 aliphatic rings. The minimum absolute atomic E-state index is 0.149. The highest BCUT2D eigenvalue weighted by Crippen LogP contribution is 2.13. The van der Waals surface area contributed by atoms with Gasteiger partial charge in [-0.25, -0.2) is 4.79 Å². The van der Waals surface area contributed by atoms with Gasteiger partial charge in [-0.15, -0.1) is 0 Å². The molecular weight excluding hydrogens is 244 g/mol. The molecule has 0 atom stereocenters. The molecule has 0 spiro atoms. The number of esters is 1. The molecule has 0 aliphatic heterocycles. The zero-order valence-electron chi connectivity index (χ0n) is 11.0. The van der Waals surface area contributed by atoms with E-state index >= 15 is 0 Å². The zero-order valence-corrected chi connectivity index (χ0v) is 11.0. The van der Waals surface area contributed by atoms with Crippen molar-refractivity contribution in [3.05, 3.63) is 41.5 Å². The van der Waals surface area contributed by atoms with E-state index in [1.807, 2.05) is 19.1 Å². The molecule has 2 heterocycles. The number of hydrogen-bond acceptors (Lipinski definition) is 5. The smallest absolute Gasteiger partial charge is 0.361 e. The van der Waals surface area contributed by atoms with Crippen LogP contribution in [-0.4, -0.2) is 27.3 Å². The van der Waals surface area contributed by atoms with Gasteiger partial charge in [0.2, 0.25) is 0 Å². The molecule has 0 radical (unpaired) electrons. The maximum Gasteiger partial charge on any atom is 0.361 e. The van der Waals surface area contributed by atoms with Gasteiger partial charge in [-0.2, -0.15) is 5.10 Å². The highest BCUT2D eigenvalue weighted by atomic mass is 16.5. The Hall–Kier alpha value is -2.37. The van der Waals surface area contributed by atoms with Gasteiger partial charge in [-0.1, -0.05) is 6.07 Å². The third kappa shape index (κ3) is 2.90. The van der Waals surface area contributed by atoms with Crippen LogP contribution in [0.4, 0.5) is 5.69 Å². The SMILES string of the molecule is CCOC(=O)c1nn(Cc2ncccc2C)cc1N. The molecule has 19 heavy (non-hydrogen) atoms. The highest BCUT2D eigenvalue weighted by Gasteiger charge is 2.16. The third-order valence-electron chi connectivity index (χ3n) is 2.69. The number of carbonyl (C=O) groups excluding carboxylic acids is 1. The van der Waals surface area contributed by atoms with E-state index in [2.05, 4.69) is 10.1 Å². The van der Waals surface area contributed by atoms with Crippen LogP contribution in [0.2, 0.25) is 0 Å². The first-order valence-electron chi connectivity index (χ1n) is 6.02. The molecular formula is C13H16N4O2. The minimum atomic E-state index is -0.503. The topological polar surface area (TPSA) is 83.0 Å². The Morgan fingerprint density at radius 2 is 2.32 bits per heavy atom. The zero-order chi connectivity index (χ0) is 13.8. The molecule has 2 aromatic heterocycles. The second-order valence-corrected chi connectivity index (χ2v) is 4.12. The van der Waals surface area contributed by atoms with Gasteiger partial charge in [0.15, 0.2) is 5.69 Å². The summed E-state index contributed by atoms with van der Waals surface area (Å²) in [6.45, 7) is 4.48. The first kappa shape index (κ1) is 13.1. The summed E-state index contributed by atoms with van der Waals surface area (Å²) in [5.74, 6) is -0.503. The quantitative estimate of drug-likeness (QED) is 0.840. The molecule has 100 valence electrons. The van der Waals surface area contributed by atoms with Crippen LogP contribution in [0.25, 0.3) is 0 Å². The Bertz CT molecular complexity index is 592. The summed E-state index contributed by atoms with van der Waals surface area (Å²) in [5.41, 5.74) is 8.17. The van der Waals surface area contributed by atoms with E-state index in [0.717, 1.165) is 11.3 Å².